The number of ether oxygens (including phenoxy) is 1. The van der Waals surface area contributed by atoms with Gasteiger partial charge in [-0.3, -0.25) is 4.79 Å². The fourth-order valence-electron chi connectivity index (χ4n) is 0.867. The maximum absolute atomic E-state index is 12.1. The van der Waals surface area contributed by atoms with Gasteiger partial charge in [0.2, 0.25) is 0 Å². The number of esters is 1. The van der Waals surface area contributed by atoms with Crippen LogP contribution in [0.4, 0.5) is 26.3 Å². The van der Waals surface area contributed by atoms with E-state index in [9.17, 15) is 31.1 Å². The molecule has 0 heterocycles. The fourth-order valence-corrected chi connectivity index (χ4v) is 0.867. The van der Waals surface area contributed by atoms with Crippen molar-refractivity contribution in [2.45, 2.75) is 32.1 Å². The second kappa shape index (κ2) is 5.40. The highest BCUT2D eigenvalue weighted by molar-refractivity contribution is 5.73. The van der Waals surface area contributed by atoms with Gasteiger partial charge in [-0.15, -0.1) is 0 Å². The molecule has 0 aromatic heterocycles. The average molecular weight is 252 g/mol. The lowest BCUT2D eigenvalue weighted by Gasteiger charge is -2.19. The Morgan fingerprint density at radius 3 is 2.00 bits per heavy atom. The molecule has 0 amide bonds. The summed E-state index contributed by atoms with van der Waals surface area (Å²) < 4.78 is 75.9. The lowest BCUT2D eigenvalue weighted by molar-refractivity contribution is -0.227. The van der Waals surface area contributed by atoms with Gasteiger partial charge in [0.25, 0.3) is 0 Å². The van der Waals surface area contributed by atoms with E-state index < -0.39 is 30.7 Å². The van der Waals surface area contributed by atoms with Crippen molar-refractivity contribution in [1.82, 2.24) is 0 Å². The van der Waals surface area contributed by atoms with Gasteiger partial charge in [-0.25, -0.2) is 0 Å². The van der Waals surface area contributed by atoms with E-state index in [2.05, 4.69) is 4.74 Å². The summed E-state index contributed by atoms with van der Waals surface area (Å²) >= 11 is 0. The van der Waals surface area contributed by atoms with Crippen LogP contribution in [0.3, 0.4) is 0 Å². The zero-order valence-electron chi connectivity index (χ0n) is 8.28. The van der Waals surface area contributed by atoms with Crippen molar-refractivity contribution < 1.29 is 35.9 Å². The number of carbonyl (C=O) groups excluding carboxylic acids is 1. The van der Waals surface area contributed by atoms with Crippen LogP contribution in [-0.4, -0.2) is 24.9 Å². The Kier molecular flexibility index (Phi) is 5.08. The summed E-state index contributed by atoms with van der Waals surface area (Å²) in [7, 11) is 0. The van der Waals surface area contributed by atoms with E-state index in [1.165, 1.54) is 6.92 Å². The van der Waals surface area contributed by atoms with Gasteiger partial charge in [-0.1, -0.05) is 6.92 Å². The third kappa shape index (κ3) is 5.82. The molecular formula is C8H10F6O2. The van der Waals surface area contributed by atoms with Crippen LogP contribution >= 0.6 is 0 Å². The Bertz CT molecular complexity index is 232. The van der Waals surface area contributed by atoms with Gasteiger partial charge in [0.1, 0.15) is 0 Å². The van der Waals surface area contributed by atoms with Crippen molar-refractivity contribution in [2.24, 2.45) is 5.92 Å². The lowest BCUT2D eigenvalue weighted by Crippen LogP contribution is -2.36. The van der Waals surface area contributed by atoms with E-state index in [4.69, 9.17) is 0 Å². The van der Waals surface area contributed by atoms with E-state index in [1.54, 1.807) is 0 Å². The highest BCUT2D eigenvalue weighted by Crippen LogP contribution is 2.36. The molecule has 16 heavy (non-hydrogen) atoms. The van der Waals surface area contributed by atoms with Crippen LogP contribution < -0.4 is 0 Å². The highest BCUT2D eigenvalue weighted by Gasteiger charge is 2.51. The van der Waals surface area contributed by atoms with Crippen molar-refractivity contribution in [3.63, 3.8) is 0 Å². The van der Waals surface area contributed by atoms with Crippen molar-refractivity contribution in [2.75, 3.05) is 6.61 Å². The Labute approximate surface area is 87.6 Å². The van der Waals surface area contributed by atoms with E-state index in [-0.39, 0.29) is 13.0 Å². The monoisotopic (exact) mass is 252 g/mol. The molecule has 0 aliphatic heterocycles. The molecule has 0 rings (SSSR count). The second-order valence-electron chi connectivity index (χ2n) is 3.08. The van der Waals surface area contributed by atoms with Crippen LogP contribution in [0.15, 0.2) is 0 Å². The van der Waals surface area contributed by atoms with Crippen molar-refractivity contribution in [1.29, 1.82) is 0 Å². The van der Waals surface area contributed by atoms with Gasteiger partial charge in [0.05, 0.1) is 13.0 Å². The minimum atomic E-state index is -5.25. The van der Waals surface area contributed by atoms with Crippen molar-refractivity contribution in [3.05, 3.63) is 0 Å². The number of rotatable bonds is 4. The third-order valence-corrected chi connectivity index (χ3v) is 1.56. The summed E-state index contributed by atoms with van der Waals surface area (Å²) in [5, 5.41) is 0. The first kappa shape index (κ1) is 15.0. The maximum Gasteiger partial charge on any atom is 0.402 e. The first-order valence-corrected chi connectivity index (χ1v) is 4.38. The molecule has 0 aromatic rings. The smallest absolute Gasteiger partial charge is 0.402 e. The molecule has 0 radical (unpaired) electrons. The number of halogens is 6. The molecule has 1 unspecified atom stereocenters. The van der Waals surface area contributed by atoms with E-state index in [0.29, 0.717) is 0 Å². The van der Waals surface area contributed by atoms with Crippen LogP contribution in [-0.2, 0) is 9.53 Å². The van der Waals surface area contributed by atoms with Crippen LogP contribution in [0.2, 0.25) is 0 Å². The molecule has 0 aromatic carbocycles. The topological polar surface area (TPSA) is 26.3 Å². The summed E-state index contributed by atoms with van der Waals surface area (Å²) in [5.74, 6) is -5.02. The van der Waals surface area contributed by atoms with Gasteiger partial charge in [0, 0.05) is 0 Å². The third-order valence-electron chi connectivity index (χ3n) is 1.56. The van der Waals surface area contributed by atoms with Gasteiger partial charge >= 0.3 is 18.3 Å². The first-order chi connectivity index (χ1) is 7.08. The molecule has 0 aliphatic rings. The minimum Gasteiger partial charge on any atom is -0.465 e. The van der Waals surface area contributed by atoms with Gasteiger partial charge < -0.3 is 4.74 Å². The highest BCUT2D eigenvalue weighted by atomic mass is 19.4. The molecule has 0 aliphatic carbocycles. The summed E-state index contributed by atoms with van der Waals surface area (Å²) in [5.41, 5.74) is 0. The van der Waals surface area contributed by atoms with Crippen LogP contribution in [0.5, 0.6) is 0 Å². The largest absolute Gasteiger partial charge is 0.465 e. The molecule has 0 N–H and O–H groups in total. The summed E-state index contributed by atoms with van der Waals surface area (Å²) in [6.07, 6.45) is -12.3. The Morgan fingerprint density at radius 2 is 1.69 bits per heavy atom. The first-order valence-electron chi connectivity index (χ1n) is 4.38. The summed E-state index contributed by atoms with van der Waals surface area (Å²) in [4.78, 5) is 10.8. The van der Waals surface area contributed by atoms with Crippen LogP contribution in [0, 0.1) is 5.92 Å². The molecule has 0 saturated carbocycles. The zero-order chi connectivity index (χ0) is 13.0. The standard InChI is InChI=1S/C8H10F6O2/c1-2-3-16-6(15)5(8(12,13)14)4-7(9,10)11/h5H,2-4H2,1H3. The molecule has 0 saturated heterocycles. The average Bonchev–Trinajstić information content (AvgIpc) is 2.07. The number of alkyl halides is 6. The molecule has 0 bridgehead atoms. The van der Waals surface area contributed by atoms with Crippen LogP contribution in [0.1, 0.15) is 19.8 Å². The zero-order valence-corrected chi connectivity index (χ0v) is 8.28. The minimum absolute atomic E-state index is 0.238. The Morgan fingerprint density at radius 1 is 1.19 bits per heavy atom. The Balaban J connectivity index is 4.62. The second-order valence-corrected chi connectivity index (χ2v) is 3.08. The SMILES string of the molecule is CCCOC(=O)C(CC(F)(F)F)C(F)(F)F. The van der Waals surface area contributed by atoms with Crippen molar-refractivity contribution >= 4 is 5.97 Å². The molecule has 2 nitrogen and oxygen atoms in total. The number of hydrogen-bond donors (Lipinski definition) is 0. The fraction of sp³-hybridized carbons (Fsp3) is 0.875. The van der Waals surface area contributed by atoms with Crippen molar-refractivity contribution in [3.8, 4) is 0 Å². The molecule has 8 heteroatoms. The number of hydrogen-bond acceptors (Lipinski definition) is 2. The predicted octanol–water partition coefficient (Wildman–Crippen LogP) is 3.07. The van der Waals surface area contributed by atoms with E-state index in [1.807, 2.05) is 0 Å². The normalized spacial score (nSPS) is 14.7. The molecule has 0 fully saturated rings. The van der Waals surface area contributed by atoms with E-state index >= 15 is 0 Å². The summed E-state index contributed by atoms with van der Waals surface area (Å²) in [6, 6.07) is 0. The number of carbonyl (C=O) groups is 1. The van der Waals surface area contributed by atoms with Crippen LogP contribution in [0.25, 0.3) is 0 Å². The van der Waals surface area contributed by atoms with Gasteiger partial charge in [-0.2, -0.15) is 26.3 Å². The van der Waals surface area contributed by atoms with Gasteiger partial charge in [0.15, 0.2) is 5.92 Å². The molecule has 0 spiro atoms. The maximum atomic E-state index is 12.1. The molecule has 96 valence electrons. The summed E-state index contributed by atoms with van der Waals surface area (Å²) in [6.45, 7) is 1.18. The molecular weight excluding hydrogens is 242 g/mol. The lowest BCUT2D eigenvalue weighted by atomic mass is 10.1. The Hall–Kier alpha value is -0.950. The predicted molar refractivity (Wildman–Crippen MR) is 41.5 cm³/mol. The van der Waals surface area contributed by atoms with E-state index in [0.717, 1.165) is 0 Å². The van der Waals surface area contributed by atoms with Gasteiger partial charge in [-0.05, 0) is 6.42 Å². The quantitative estimate of drug-likeness (QED) is 0.567. The molecule has 1 atom stereocenters.